The van der Waals surface area contributed by atoms with Crippen molar-refractivity contribution in [2.24, 2.45) is 0 Å². The fourth-order valence-electron chi connectivity index (χ4n) is 2.76. The summed E-state index contributed by atoms with van der Waals surface area (Å²) in [7, 11) is 0. The van der Waals surface area contributed by atoms with Gasteiger partial charge >= 0.3 is 11.9 Å². The Morgan fingerprint density at radius 1 is 1.08 bits per heavy atom. The normalized spacial score (nSPS) is 10.7. The number of fused-ring (bicyclic) bond motifs is 1. The first-order chi connectivity index (χ1) is 12.6. The molecule has 1 N–H and O–H groups in total. The van der Waals surface area contributed by atoms with Gasteiger partial charge in [0.2, 0.25) is 0 Å². The van der Waals surface area contributed by atoms with Crippen LogP contribution in [0.2, 0.25) is 0 Å². The van der Waals surface area contributed by atoms with Gasteiger partial charge in [-0.25, -0.2) is 4.79 Å². The number of benzene rings is 2. The number of hydrogen-bond acceptors (Lipinski definition) is 4. The molecule has 0 amide bonds. The van der Waals surface area contributed by atoms with Crippen LogP contribution in [0.25, 0.3) is 10.9 Å². The third-order valence-corrected chi connectivity index (χ3v) is 3.93. The van der Waals surface area contributed by atoms with E-state index in [0.717, 1.165) is 5.56 Å². The summed E-state index contributed by atoms with van der Waals surface area (Å²) in [6, 6.07) is 16.6. The molecule has 0 atom stereocenters. The lowest BCUT2D eigenvalue weighted by Gasteiger charge is -2.09. The number of carboxylic acids is 1. The Labute approximate surface area is 150 Å². The topological polar surface area (TPSA) is 77.8 Å². The van der Waals surface area contributed by atoms with E-state index in [1.165, 1.54) is 10.6 Å². The molecule has 1 heterocycles. The van der Waals surface area contributed by atoms with Crippen molar-refractivity contribution in [3.8, 4) is 5.75 Å². The van der Waals surface area contributed by atoms with Crippen LogP contribution < -0.4 is 4.74 Å². The molecule has 0 radical (unpaired) electrons. The zero-order valence-electron chi connectivity index (χ0n) is 14.3. The Hall–Kier alpha value is -3.28. The highest BCUT2D eigenvalue weighted by molar-refractivity contribution is 5.96. The van der Waals surface area contributed by atoms with E-state index in [4.69, 9.17) is 9.47 Å². The van der Waals surface area contributed by atoms with Crippen molar-refractivity contribution in [3.05, 3.63) is 65.9 Å². The number of aromatic nitrogens is 1. The van der Waals surface area contributed by atoms with E-state index < -0.39 is 11.9 Å². The van der Waals surface area contributed by atoms with E-state index >= 15 is 0 Å². The maximum atomic E-state index is 11.8. The Balaban J connectivity index is 1.87. The number of esters is 1. The van der Waals surface area contributed by atoms with Crippen molar-refractivity contribution in [2.75, 3.05) is 6.61 Å². The minimum Gasteiger partial charge on any atom is -0.489 e. The molecular formula is C20H19NO5. The molecule has 0 aliphatic heterocycles. The average molecular weight is 353 g/mol. The van der Waals surface area contributed by atoms with Crippen LogP contribution in [0.3, 0.4) is 0 Å². The molecule has 6 nitrogen and oxygen atoms in total. The second kappa shape index (κ2) is 7.74. The second-order valence-electron chi connectivity index (χ2n) is 5.72. The third-order valence-electron chi connectivity index (χ3n) is 3.93. The Morgan fingerprint density at radius 3 is 2.54 bits per heavy atom. The lowest BCUT2D eigenvalue weighted by Crippen LogP contribution is -2.17. The molecule has 0 fully saturated rings. The summed E-state index contributed by atoms with van der Waals surface area (Å²) >= 11 is 0. The minimum absolute atomic E-state index is 0.0354. The van der Waals surface area contributed by atoms with Crippen molar-refractivity contribution in [3.63, 3.8) is 0 Å². The molecule has 1 aromatic heterocycles. The summed E-state index contributed by atoms with van der Waals surface area (Å²) in [5.74, 6) is -0.944. The van der Waals surface area contributed by atoms with Crippen molar-refractivity contribution in [2.45, 2.75) is 20.1 Å². The predicted molar refractivity (Wildman–Crippen MR) is 96.3 cm³/mol. The van der Waals surface area contributed by atoms with Crippen LogP contribution in [0.4, 0.5) is 0 Å². The number of ether oxygens (including phenoxy) is 2. The number of carboxylic acid groups (broad SMARTS) is 1. The van der Waals surface area contributed by atoms with Crippen LogP contribution in [0.1, 0.15) is 23.0 Å². The van der Waals surface area contributed by atoms with Crippen LogP contribution in [-0.4, -0.2) is 28.2 Å². The quantitative estimate of drug-likeness (QED) is 0.658. The molecule has 26 heavy (non-hydrogen) atoms. The van der Waals surface area contributed by atoms with Gasteiger partial charge in [0.15, 0.2) is 0 Å². The van der Waals surface area contributed by atoms with Crippen molar-refractivity contribution >= 4 is 22.8 Å². The van der Waals surface area contributed by atoms with Gasteiger partial charge in [0.1, 0.15) is 24.6 Å². The number of carbonyl (C=O) groups excluding carboxylic acids is 1. The molecule has 134 valence electrons. The van der Waals surface area contributed by atoms with Gasteiger partial charge in [0.25, 0.3) is 0 Å². The second-order valence-corrected chi connectivity index (χ2v) is 5.72. The first-order valence-electron chi connectivity index (χ1n) is 8.27. The summed E-state index contributed by atoms with van der Waals surface area (Å²) in [5, 5.41) is 10.1. The van der Waals surface area contributed by atoms with E-state index in [0.29, 0.717) is 23.3 Å². The van der Waals surface area contributed by atoms with E-state index in [-0.39, 0.29) is 18.8 Å². The average Bonchev–Trinajstić information content (AvgIpc) is 2.99. The van der Waals surface area contributed by atoms with Crippen molar-refractivity contribution in [1.29, 1.82) is 0 Å². The maximum absolute atomic E-state index is 11.8. The molecule has 0 unspecified atom stereocenters. The Bertz CT molecular complexity index is 930. The fraction of sp³-hybridized carbons (Fsp3) is 0.200. The molecule has 0 spiro atoms. The largest absolute Gasteiger partial charge is 0.489 e. The summed E-state index contributed by atoms with van der Waals surface area (Å²) in [6.45, 7) is 2.23. The van der Waals surface area contributed by atoms with E-state index in [1.54, 1.807) is 25.1 Å². The van der Waals surface area contributed by atoms with Crippen LogP contribution in [-0.2, 0) is 22.7 Å². The van der Waals surface area contributed by atoms with Crippen molar-refractivity contribution < 1.29 is 24.2 Å². The molecule has 6 heteroatoms. The van der Waals surface area contributed by atoms with Crippen molar-refractivity contribution in [1.82, 2.24) is 4.57 Å². The fourth-order valence-corrected chi connectivity index (χ4v) is 2.76. The molecule has 0 saturated heterocycles. The number of rotatable bonds is 7. The minimum atomic E-state index is -1.10. The molecule has 0 aliphatic rings. The number of carbonyl (C=O) groups is 2. The zero-order chi connectivity index (χ0) is 18.5. The summed E-state index contributed by atoms with van der Waals surface area (Å²) in [6.07, 6.45) is 0. The standard InChI is InChI=1S/C20H19NO5/c1-2-25-19(22)12-21-17-9-8-16(10-15(17)11-18(21)20(23)24)26-13-14-6-4-3-5-7-14/h3-11H,2,12-13H2,1H3,(H,23,24). The molecule has 2 aromatic carbocycles. The highest BCUT2D eigenvalue weighted by atomic mass is 16.5. The molecule has 3 aromatic rings. The number of nitrogens with zero attached hydrogens (tertiary/aromatic N) is 1. The maximum Gasteiger partial charge on any atom is 0.352 e. The van der Waals surface area contributed by atoms with E-state index in [9.17, 15) is 14.7 Å². The van der Waals surface area contributed by atoms with Gasteiger partial charge in [-0.1, -0.05) is 30.3 Å². The highest BCUT2D eigenvalue weighted by Crippen LogP contribution is 2.25. The highest BCUT2D eigenvalue weighted by Gasteiger charge is 2.18. The monoisotopic (exact) mass is 353 g/mol. The van der Waals surface area contributed by atoms with Gasteiger partial charge in [-0.15, -0.1) is 0 Å². The first-order valence-corrected chi connectivity index (χ1v) is 8.27. The van der Waals surface area contributed by atoms with Crippen LogP contribution in [0.15, 0.2) is 54.6 Å². The van der Waals surface area contributed by atoms with Crippen LogP contribution in [0, 0.1) is 0 Å². The third kappa shape index (κ3) is 3.85. The Morgan fingerprint density at radius 2 is 1.85 bits per heavy atom. The van der Waals surface area contributed by atoms with Crippen LogP contribution in [0.5, 0.6) is 5.75 Å². The van der Waals surface area contributed by atoms with E-state index in [2.05, 4.69) is 0 Å². The molecule has 0 saturated carbocycles. The number of hydrogen-bond donors (Lipinski definition) is 1. The number of aromatic carboxylic acids is 1. The van der Waals surface area contributed by atoms with Gasteiger partial charge in [-0.3, -0.25) is 4.79 Å². The molecule has 0 bridgehead atoms. The summed E-state index contributed by atoms with van der Waals surface area (Å²) < 4.78 is 12.2. The lowest BCUT2D eigenvalue weighted by molar-refractivity contribution is -0.143. The van der Waals surface area contributed by atoms with Crippen LogP contribution >= 0.6 is 0 Å². The predicted octanol–water partition coefficient (Wildman–Crippen LogP) is 3.48. The molecular weight excluding hydrogens is 334 g/mol. The summed E-state index contributed by atoms with van der Waals surface area (Å²) in [4.78, 5) is 23.3. The SMILES string of the molecule is CCOC(=O)Cn1c(C(=O)O)cc2cc(OCc3ccccc3)ccc21. The smallest absolute Gasteiger partial charge is 0.352 e. The first kappa shape index (κ1) is 17.5. The van der Waals surface area contributed by atoms with Gasteiger partial charge in [0, 0.05) is 10.9 Å². The summed E-state index contributed by atoms with van der Waals surface area (Å²) in [5.41, 5.74) is 1.72. The van der Waals surface area contributed by atoms with E-state index in [1.807, 2.05) is 30.3 Å². The van der Waals surface area contributed by atoms with Gasteiger partial charge in [0.05, 0.1) is 6.61 Å². The van der Waals surface area contributed by atoms with Gasteiger partial charge < -0.3 is 19.1 Å². The van der Waals surface area contributed by atoms with Gasteiger partial charge in [-0.2, -0.15) is 0 Å². The van der Waals surface area contributed by atoms with Gasteiger partial charge in [-0.05, 0) is 36.8 Å². The molecule has 3 rings (SSSR count). The molecule has 0 aliphatic carbocycles. The zero-order valence-corrected chi connectivity index (χ0v) is 14.3. The lowest BCUT2D eigenvalue weighted by atomic mass is 10.2. The Kier molecular flexibility index (Phi) is 5.22.